The minimum absolute atomic E-state index is 0.0351. The molecule has 0 aliphatic carbocycles. The molecule has 0 fully saturated rings. The second kappa shape index (κ2) is 7.10. The van der Waals surface area contributed by atoms with Crippen molar-refractivity contribution >= 4 is 32.6 Å². The minimum Gasteiger partial charge on any atom is -0.373 e. The van der Waals surface area contributed by atoms with E-state index in [4.69, 9.17) is 4.74 Å². The maximum atomic E-state index is 13.9. The molecule has 8 heteroatoms. The number of pyridine rings is 1. The molecule has 2 heterocycles. The third-order valence-corrected chi connectivity index (χ3v) is 5.39. The van der Waals surface area contributed by atoms with Crippen LogP contribution >= 0.6 is 15.9 Å². The van der Waals surface area contributed by atoms with Gasteiger partial charge >= 0.3 is 0 Å². The molecule has 0 spiro atoms. The molecule has 0 saturated carbocycles. The third-order valence-electron chi connectivity index (χ3n) is 4.90. The van der Waals surface area contributed by atoms with E-state index < -0.39 is 23.2 Å². The summed E-state index contributed by atoms with van der Waals surface area (Å²) in [7, 11) is 1.61. The zero-order valence-electron chi connectivity index (χ0n) is 14.8. The van der Waals surface area contributed by atoms with Crippen molar-refractivity contribution < 1.29 is 18.3 Å². The smallest absolute Gasteiger partial charge is 0.256 e. The molecule has 1 aliphatic rings. The lowest BCUT2D eigenvalue weighted by Crippen LogP contribution is -2.37. The highest BCUT2D eigenvalue weighted by Crippen LogP contribution is 2.34. The van der Waals surface area contributed by atoms with Gasteiger partial charge in [-0.15, -0.1) is 0 Å². The number of fused-ring (bicyclic) bond motifs is 3. The first-order valence-electron chi connectivity index (χ1n) is 8.51. The van der Waals surface area contributed by atoms with Gasteiger partial charge in [0.1, 0.15) is 0 Å². The molecule has 1 aromatic heterocycles. The Bertz CT molecular complexity index is 1160. The lowest BCUT2D eigenvalue weighted by molar-refractivity contribution is 0.0335. The van der Waals surface area contributed by atoms with E-state index in [0.717, 1.165) is 16.6 Å². The van der Waals surface area contributed by atoms with Crippen LogP contribution in [0, 0.1) is 11.6 Å². The predicted octanol–water partition coefficient (Wildman–Crippen LogP) is 3.91. The lowest BCUT2D eigenvalue weighted by atomic mass is 9.95. The Balaban J connectivity index is 1.86. The van der Waals surface area contributed by atoms with Crippen LogP contribution in [0.2, 0.25) is 0 Å². The van der Waals surface area contributed by atoms with Crippen molar-refractivity contribution in [2.75, 3.05) is 13.7 Å². The van der Waals surface area contributed by atoms with E-state index in [-0.39, 0.29) is 29.9 Å². The number of H-pyrrole nitrogens is 1. The molecule has 1 N–H and O–H groups in total. The number of aromatic amines is 1. The molecule has 1 aliphatic heterocycles. The first-order valence-corrected chi connectivity index (χ1v) is 9.30. The van der Waals surface area contributed by atoms with Crippen LogP contribution in [-0.4, -0.2) is 29.4 Å². The highest BCUT2D eigenvalue weighted by atomic mass is 79.9. The summed E-state index contributed by atoms with van der Waals surface area (Å²) >= 11 is 3.34. The summed E-state index contributed by atoms with van der Waals surface area (Å²) < 4.78 is 33.9. The van der Waals surface area contributed by atoms with Crippen LogP contribution in [0.4, 0.5) is 8.78 Å². The molecule has 0 radical (unpaired) electrons. The van der Waals surface area contributed by atoms with Gasteiger partial charge in [0.25, 0.3) is 11.5 Å². The van der Waals surface area contributed by atoms with Gasteiger partial charge in [0.05, 0.1) is 24.6 Å². The number of hydrogen-bond donors (Lipinski definition) is 1. The summed E-state index contributed by atoms with van der Waals surface area (Å²) in [5.41, 5.74) is 0.951. The van der Waals surface area contributed by atoms with Crippen molar-refractivity contribution in [1.29, 1.82) is 0 Å². The minimum atomic E-state index is -1.10. The van der Waals surface area contributed by atoms with Crippen LogP contribution in [0.25, 0.3) is 10.8 Å². The number of ether oxygens (including phenoxy) is 1. The molecular weight excluding hydrogens is 434 g/mol. The number of nitrogens with one attached hydrogen (secondary N) is 1. The molecule has 28 heavy (non-hydrogen) atoms. The molecule has 3 aromatic rings. The van der Waals surface area contributed by atoms with Crippen LogP contribution in [0.5, 0.6) is 0 Å². The number of amides is 1. The number of carbonyl (C=O) groups excluding carboxylic acids is 1. The van der Waals surface area contributed by atoms with Crippen molar-refractivity contribution in [3.05, 3.63) is 79.7 Å². The van der Waals surface area contributed by atoms with Crippen molar-refractivity contribution in [3.63, 3.8) is 0 Å². The standard InChI is InChI=1S/C20H15BrF2N2O3/c1-25(20(27)10-3-2-4-11(21)5-10)17-9-28-8-16-18(17)12-6-14(22)15(23)7-13(12)19(26)24-16/h2-7,17H,8-9H2,1H3,(H,24,26)/t17-/m1/s1. The van der Waals surface area contributed by atoms with E-state index in [9.17, 15) is 18.4 Å². The van der Waals surface area contributed by atoms with Crippen molar-refractivity contribution in [1.82, 2.24) is 9.88 Å². The highest BCUT2D eigenvalue weighted by molar-refractivity contribution is 9.10. The fraction of sp³-hybridized carbons (Fsp3) is 0.200. The van der Waals surface area contributed by atoms with Gasteiger partial charge in [0, 0.05) is 28.3 Å². The molecule has 1 amide bonds. The zero-order chi connectivity index (χ0) is 20.0. The van der Waals surface area contributed by atoms with Gasteiger partial charge in [0.2, 0.25) is 0 Å². The van der Waals surface area contributed by atoms with Crippen LogP contribution in [0.3, 0.4) is 0 Å². The summed E-state index contributed by atoms with van der Waals surface area (Å²) in [6.45, 7) is 0.290. The van der Waals surface area contributed by atoms with Crippen LogP contribution < -0.4 is 5.56 Å². The molecule has 0 saturated heterocycles. The van der Waals surface area contributed by atoms with E-state index in [1.165, 1.54) is 4.90 Å². The van der Waals surface area contributed by atoms with Crippen molar-refractivity contribution in [2.45, 2.75) is 12.6 Å². The summed E-state index contributed by atoms with van der Waals surface area (Å²) in [5.74, 6) is -2.41. The molecule has 5 nitrogen and oxygen atoms in total. The van der Waals surface area contributed by atoms with Crippen LogP contribution in [0.1, 0.15) is 27.7 Å². The van der Waals surface area contributed by atoms with Gasteiger partial charge in [0.15, 0.2) is 11.6 Å². The molecule has 2 aromatic carbocycles. The molecule has 0 bridgehead atoms. The summed E-state index contributed by atoms with van der Waals surface area (Å²) in [6, 6.07) is 8.27. The number of rotatable bonds is 2. The number of nitrogens with zero attached hydrogens (tertiary/aromatic N) is 1. The molecule has 4 rings (SSSR count). The Morgan fingerprint density at radius 2 is 1.93 bits per heavy atom. The number of benzene rings is 2. The van der Waals surface area contributed by atoms with Crippen LogP contribution in [0.15, 0.2) is 45.7 Å². The van der Waals surface area contributed by atoms with Crippen molar-refractivity contribution in [2.24, 2.45) is 0 Å². The predicted molar refractivity (Wildman–Crippen MR) is 103 cm³/mol. The number of carbonyl (C=O) groups is 1. The topological polar surface area (TPSA) is 62.4 Å². The Kier molecular flexibility index (Phi) is 4.76. The third kappa shape index (κ3) is 3.12. The van der Waals surface area contributed by atoms with E-state index >= 15 is 0 Å². The Morgan fingerprint density at radius 3 is 2.64 bits per heavy atom. The number of aromatic nitrogens is 1. The highest BCUT2D eigenvalue weighted by Gasteiger charge is 2.31. The van der Waals surface area contributed by atoms with E-state index in [0.29, 0.717) is 16.8 Å². The summed E-state index contributed by atoms with van der Waals surface area (Å²) in [6.07, 6.45) is 0. The molecule has 1 atom stereocenters. The van der Waals surface area contributed by atoms with Gasteiger partial charge in [-0.1, -0.05) is 22.0 Å². The average molecular weight is 449 g/mol. The Morgan fingerprint density at radius 1 is 1.21 bits per heavy atom. The monoisotopic (exact) mass is 448 g/mol. The molecule has 0 unspecified atom stereocenters. The fourth-order valence-corrected chi connectivity index (χ4v) is 3.91. The summed E-state index contributed by atoms with van der Waals surface area (Å²) in [5, 5.41) is 0.313. The summed E-state index contributed by atoms with van der Waals surface area (Å²) in [4.78, 5) is 29.4. The molecule has 144 valence electrons. The normalized spacial score (nSPS) is 16.1. The maximum absolute atomic E-state index is 13.9. The second-order valence-electron chi connectivity index (χ2n) is 6.62. The van der Waals surface area contributed by atoms with E-state index in [2.05, 4.69) is 20.9 Å². The van der Waals surface area contributed by atoms with E-state index in [1.54, 1.807) is 25.2 Å². The van der Waals surface area contributed by atoms with Gasteiger partial charge in [-0.3, -0.25) is 9.59 Å². The first kappa shape index (κ1) is 18.8. The second-order valence-corrected chi connectivity index (χ2v) is 7.53. The average Bonchev–Trinajstić information content (AvgIpc) is 2.68. The quantitative estimate of drug-likeness (QED) is 0.646. The Labute approximate surface area is 167 Å². The fourth-order valence-electron chi connectivity index (χ4n) is 3.51. The maximum Gasteiger partial charge on any atom is 0.256 e. The van der Waals surface area contributed by atoms with Gasteiger partial charge < -0.3 is 14.6 Å². The van der Waals surface area contributed by atoms with Crippen molar-refractivity contribution in [3.8, 4) is 0 Å². The largest absolute Gasteiger partial charge is 0.373 e. The first-order chi connectivity index (χ1) is 13.4. The number of likely N-dealkylation sites (N-methyl/N-ethyl adjacent to an activating group) is 1. The van der Waals surface area contributed by atoms with Gasteiger partial charge in [-0.25, -0.2) is 8.78 Å². The lowest BCUT2D eigenvalue weighted by Gasteiger charge is -2.34. The molecular formula is C20H15BrF2N2O3. The van der Waals surface area contributed by atoms with Gasteiger partial charge in [-0.2, -0.15) is 0 Å². The van der Waals surface area contributed by atoms with E-state index in [1.807, 2.05) is 6.07 Å². The van der Waals surface area contributed by atoms with Crippen LogP contribution in [-0.2, 0) is 11.3 Å². The SMILES string of the molecule is CN(C(=O)c1cccc(Br)c1)[C@@H]1COCc2[nH]c(=O)c3cc(F)c(F)cc3c21. The Hall–Kier alpha value is -2.58. The zero-order valence-corrected chi connectivity index (χ0v) is 16.3. The number of hydrogen-bond acceptors (Lipinski definition) is 3. The van der Waals surface area contributed by atoms with Gasteiger partial charge in [-0.05, 0) is 35.7 Å². The number of halogens is 3.